The zero-order valence-corrected chi connectivity index (χ0v) is 31.4. The number of aryl methyl sites for hydroxylation is 2. The van der Waals surface area contributed by atoms with Crippen molar-refractivity contribution >= 4 is 45.3 Å². The van der Waals surface area contributed by atoms with E-state index in [9.17, 15) is 19.8 Å². The Kier molecular flexibility index (Phi) is 10.1. The highest BCUT2D eigenvalue weighted by atomic mass is 16.3. The van der Waals surface area contributed by atoms with Gasteiger partial charge in [0, 0.05) is 55.5 Å². The van der Waals surface area contributed by atoms with Crippen molar-refractivity contribution in [1.29, 1.82) is 0 Å². The number of nitrogens with one attached hydrogen (secondary N) is 2. The molecular weight excluding hydrogens is 707 g/mol. The molecule has 0 radical (unpaired) electrons. The summed E-state index contributed by atoms with van der Waals surface area (Å²) < 4.78 is 0. The van der Waals surface area contributed by atoms with Crippen LogP contribution >= 0.6 is 0 Å². The maximum Gasteiger partial charge on any atom is 0.242 e. The largest absolute Gasteiger partial charge is 0.507 e. The Labute approximate surface area is 324 Å². The average Bonchev–Trinajstić information content (AvgIpc) is 3.96. The monoisotopic (exact) mass is 751 g/mol. The molecule has 56 heavy (non-hydrogen) atoms. The Balaban J connectivity index is 0.000000164. The first-order valence-electron chi connectivity index (χ1n) is 19.1. The van der Waals surface area contributed by atoms with Crippen molar-refractivity contribution in [3.63, 3.8) is 0 Å². The van der Waals surface area contributed by atoms with E-state index in [1.54, 1.807) is 30.3 Å². The number of para-hydroxylation sites is 2. The summed E-state index contributed by atoms with van der Waals surface area (Å²) >= 11 is 0. The third kappa shape index (κ3) is 7.62. The van der Waals surface area contributed by atoms with Crippen LogP contribution in [-0.4, -0.2) is 86.3 Å². The van der Waals surface area contributed by atoms with Gasteiger partial charge in [-0.3, -0.25) is 9.59 Å². The summed E-state index contributed by atoms with van der Waals surface area (Å²) in [5.41, 5.74) is 11.2. The number of hydrogen-bond donors (Lipinski definition) is 5. The zero-order valence-electron chi connectivity index (χ0n) is 31.4. The maximum atomic E-state index is 12.5. The number of nitrogens with zero attached hydrogens (tertiary/aromatic N) is 6. The number of fused-ring (bicyclic) bond motifs is 2. The topological polar surface area (TPSA) is 183 Å². The van der Waals surface area contributed by atoms with Gasteiger partial charge in [0.1, 0.15) is 29.2 Å². The molecule has 3 atom stereocenters. The van der Waals surface area contributed by atoms with Crippen molar-refractivity contribution in [2.24, 2.45) is 5.73 Å². The quantitative estimate of drug-likeness (QED) is 0.152. The number of nitrogens with two attached hydrogens (primary N) is 1. The molecule has 286 valence electrons. The van der Waals surface area contributed by atoms with Crippen LogP contribution < -0.4 is 26.2 Å². The van der Waals surface area contributed by atoms with Crippen molar-refractivity contribution in [3.8, 4) is 34.3 Å². The fraction of sp³-hybridized carbons (Fsp3) is 0.302. The lowest BCUT2D eigenvalue weighted by atomic mass is 10.1. The Hall–Kier alpha value is -6.34. The van der Waals surface area contributed by atoms with E-state index >= 15 is 0 Å². The normalized spacial score (nSPS) is 19.3. The summed E-state index contributed by atoms with van der Waals surface area (Å²) in [6.45, 7) is 7.10. The van der Waals surface area contributed by atoms with Gasteiger partial charge in [0.25, 0.3) is 0 Å². The molecule has 6 aromatic rings. The van der Waals surface area contributed by atoms with Gasteiger partial charge in [-0.2, -0.15) is 0 Å². The van der Waals surface area contributed by atoms with Gasteiger partial charge in [0.2, 0.25) is 11.8 Å². The van der Waals surface area contributed by atoms with E-state index in [-0.39, 0.29) is 35.4 Å². The summed E-state index contributed by atoms with van der Waals surface area (Å²) in [6.07, 6.45) is 2.69. The third-order valence-corrected chi connectivity index (χ3v) is 10.6. The van der Waals surface area contributed by atoms with Crippen molar-refractivity contribution in [3.05, 3.63) is 96.1 Å². The van der Waals surface area contributed by atoms with Crippen LogP contribution in [0.2, 0.25) is 0 Å². The van der Waals surface area contributed by atoms with Crippen LogP contribution in [0.4, 0.5) is 11.6 Å². The van der Waals surface area contributed by atoms with Gasteiger partial charge in [-0.15, -0.1) is 0 Å². The molecule has 6 N–H and O–H groups in total. The molecule has 2 unspecified atom stereocenters. The molecule has 0 saturated carbocycles. The predicted octanol–water partition coefficient (Wildman–Crippen LogP) is 5.13. The van der Waals surface area contributed by atoms with Gasteiger partial charge >= 0.3 is 0 Å². The van der Waals surface area contributed by atoms with Crippen LogP contribution in [0.25, 0.3) is 44.6 Å². The average molecular weight is 752 g/mol. The smallest absolute Gasteiger partial charge is 0.242 e. The number of anilines is 2. The van der Waals surface area contributed by atoms with Crippen molar-refractivity contribution < 1.29 is 19.8 Å². The fourth-order valence-corrected chi connectivity index (χ4v) is 7.66. The summed E-state index contributed by atoms with van der Waals surface area (Å²) in [5.74, 6) is 2.83. The maximum absolute atomic E-state index is 12.5. The Bertz CT molecular complexity index is 2460. The van der Waals surface area contributed by atoms with E-state index in [1.807, 2.05) is 50.2 Å². The summed E-state index contributed by atoms with van der Waals surface area (Å²) in [4.78, 5) is 47.3. The number of aromatic nitrogens is 4. The molecule has 0 bridgehead atoms. The third-order valence-electron chi connectivity index (χ3n) is 10.6. The molecule has 9 rings (SSSR count). The second kappa shape index (κ2) is 15.4. The summed E-state index contributed by atoms with van der Waals surface area (Å²) in [6, 6.07) is 26.2. The first-order valence-corrected chi connectivity index (χ1v) is 19.1. The van der Waals surface area contributed by atoms with Crippen LogP contribution in [0, 0.1) is 13.8 Å². The Morgan fingerprint density at radius 2 is 1.27 bits per heavy atom. The number of aromatic hydroxyl groups is 2. The number of amides is 2. The highest BCUT2D eigenvalue weighted by Gasteiger charge is 2.32. The Morgan fingerprint density at radius 3 is 1.77 bits per heavy atom. The molecule has 2 aromatic heterocycles. The molecule has 13 heteroatoms. The predicted molar refractivity (Wildman–Crippen MR) is 217 cm³/mol. The van der Waals surface area contributed by atoms with Gasteiger partial charge in [-0.1, -0.05) is 36.4 Å². The van der Waals surface area contributed by atoms with Crippen LogP contribution in [0.3, 0.4) is 0 Å². The molecule has 0 aliphatic carbocycles. The number of carbonyl (C=O) groups excluding carboxylic acids is 2. The molecule has 5 heterocycles. The van der Waals surface area contributed by atoms with Gasteiger partial charge in [0.05, 0.1) is 22.2 Å². The van der Waals surface area contributed by atoms with Crippen LogP contribution in [0.15, 0.2) is 84.9 Å². The number of carbonyl (C=O) groups is 2. The van der Waals surface area contributed by atoms with Gasteiger partial charge in [-0.25, -0.2) is 19.9 Å². The molecule has 13 nitrogen and oxygen atoms in total. The summed E-state index contributed by atoms with van der Waals surface area (Å²) in [7, 11) is 0. The molecule has 3 saturated heterocycles. The lowest BCUT2D eigenvalue weighted by Crippen LogP contribution is -2.46. The second-order valence-corrected chi connectivity index (χ2v) is 14.9. The minimum absolute atomic E-state index is 0.0240. The van der Waals surface area contributed by atoms with Gasteiger partial charge in [-0.05, 0) is 92.8 Å². The minimum Gasteiger partial charge on any atom is -0.507 e. The SMILES string of the molecule is Cc1ccc2c(N3CCC(NC(=O)C4CCC(=O)N4)C3)nc(-c3ccccc3O)nc2c1.Cc1ccc2c(N3CC[C@@H](N)C3)nc(-c3ccccc3O)nc2c1. The number of rotatable bonds is 6. The number of phenolic OH excluding ortho intramolecular Hbond substituents is 2. The summed E-state index contributed by atoms with van der Waals surface area (Å²) in [5, 5.41) is 28.3. The van der Waals surface area contributed by atoms with Crippen molar-refractivity contribution in [1.82, 2.24) is 30.6 Å². The van der Waals surface area contributed by atoms with Crippen molar-refractivity contribution in [2.75, 3.05) is 36.0 Å². The van der Waals surface area contributed by atoms with E-state index in [1.165, 1.54) is 0 Å². The molecule has 3 fully saturated rings. The van der Waals surface area contributed by atoms with Crippen molar-refractivity contribution in [2.45, 2.75) is 57.7 Å². The number of benzene rings is 4. The molecule has 0 spiro atoms. The Morgan fingerprint density at radius 1 is 0.732 bits per heavy atom. The standard InChI is InChI=1S/C24H25N5O3.C19H20N4O/c1-14-6-7-16-19(12-14)27-22(17-4-2-3-5-20(17)30)28-23(16)29-11-10-15(13-29)25-24(32)18-8-9-21(31)26-18;1-12-6-7-14-16(10-12)21-18(15-4-2-3-5-17(15)24)22-19(14)23-9-8-13(20)11-23/h2-7,12,15,18,30H,8-11,13H2,1H3,(H,25,32)(H,26,31);2-7,10,13,24H,8-9,11,20H2,1H3/t;13-/m.1/s1. The highest BCUT2D eigenvalue weighted by molar-refractivity contribution is 5.94. The lowest BCUT2D eigenvalue weighted by Gasteiger charge is -2.21. The lowest BCUT2D eigenvalue weighted by molar-refractivity contribution is -0.126. The van der Waals surface area contributed by atoms with Crippen LogP contribution in [0.5, 0.6) is 11.5 Å². The molecular formula is C43H45N9O4. The highest BCUT2D eigenvalue weighted by Crippen LogP contribution is 2.35. The first kappa shape index (κ1) is 36.6. The van der Waals surface area contributed by atoms with E-state index in [2.05, 4.69) is 43.6 Å². The number of hydrogen-bond acceptors (Lipinski definition) is 11. The second-order valence-electron chi connectivity index (χ2n) is 14.9. The molecule has 3 aliphatic rings. The molecule has 3 aliphatic heterocycles. The van der Waals surface area contributed by atoms with E-state index in [0.717, 1.165) is 77.0 Å². The number of phenols is 2. The molecule has 2 amide bonds. The minimum atomic E-state index is -0.438. The van der Waals surface area contributed by atoms with Crippen LogP contribution in [-0.2, 0) is 9.59 Å². The fourth-order valence-electron chi connectivity index (χ4n) is 7.66. The molecule has 4 aromatic carbocycles. The zero-order chi connectivity index (χ0) is 38.9. The van der Waals surface area contributed by atoms with E-state index < -0.39 is 6.04 Å². The first-order chi connectivity index (χ1) is 27.1. The van der Waals surface area contributed by atoms with E-state index in [0.29, 0.717) is 42.2 Å². The van der Waals surface area contributed by atoms with Gasteiger partial charge < -0.3 is 36.4 Å². The van der Waals surface area contributed by atoms with E-state index in [4.69, 9.17) is 20.7 Å². The van der Waals surface area contributed by atoms with Crippen LogP contribution in [0.1, 0.15) is 36.8 Å². The van der Waals surface area contributed by atoms with Gasteiger partial charge in [0.15, 0.2) is 11.6 Å².